The SMILES string of the molecule is CCc1cc(C(F)F)c(C#N)c(S(=O)(=O)Cl)c1. The molecular weight excluding hydrogens is 272 g/mol. The highest BCUT2D eigenvalue weighted by atomic mass is 35.7. The highest BCUT2D eigenvalue weighted by molar-refractivity contribution is 8.13. The first-order valence-electron chi connectivity index (χ1n) is 4.61. The molecule has 0 saturated carbocycles. The first-order valence-corrected chi connectivity index (χ1v) is 6.92. The monoisotopic (exact) mass is 279 g/mol. The first-order chi connectivity index (χ1) is 7.81. The van der Waals surface area contributed by atoms with Crippen molar-refractivity contribution in [2.45, 2.75) is 24.7 Å². The van der Waals surface area contributed by atoms with Crippen LogP contribution in [0.4, 0.5) is 8.78 Å². The minimum Gasteiger partial charge on any atom is -0.207 e. The summed E-state index contributed by atoms with van der Waals surface area (Å²) >= 11 is 0. The molecular formula is C10H8ClF2NO2S. The lowest BCUT2D eigenvalue weighted by molar-refractivity contribution is 0.150. The molecule has 1 aromatic rings. The van der Waals surface area contributed by atoms with Crippen molar-refractivity contribution in [1.82, 2.24) is 0 Å². The van der Waals surface area contributed by atoms with E-state index in [0.717, 1.165) is 12.1 Å². The lowest BCUT2D eigenvalue weighted by Gasteiger charge is -2.09. The summed E-state index contributed by atoms with van der Waals surface area (Å²) in [7, 11) is 0.906. The molecule has 92 valence electrons. The summed E-state index contributed by atoms with van der Waals surface area (Å²) in [6.07, 6.45) is -2.56. The van der Waals surface area contributed by atoms with E-state index >= 15 is 0 Å². The molecule has 0 aliphatic carbocycles. The maximum atomic E-state index is 12.7. The maximum Gasteiger partial charge on any atom is 0.265 e. The summed E-state index contributed by atoms with van der Waals surface area (Å²) in [5.74, 6) is 0. The highest BCUT2D eigenvalue weighted by Gasteiger charge is 2.23. The second kappa shape index (κ2) is 4.98. The molecule has 0 atom stereocenters. The lowest BCUT2D eigenvalue weighted by Crippen LogP contribution is -2.02. The van der Waals surface area contributed by atoms with Gasteiger partial charge in [0.25, 0.3) is 15.5 Å². The van der Waals surface area contributed by atoms with E-state index in [0.29, 0.717) is 12.0 Å². The third-order valence-corrected chi connectivity index (χ3v) is 3.56. The number of hydrogen-bond donors (Lipinski definition) is 0. The van der Waals surface area contributed by atoms with Crippen LogP contribution < -0.4 is 0 Å². The molecule has 3 nitrogen and oxygen atoms in total. The number of hydrogen-bond acceptors (Lipinski definition) is 3. The van der Waals surface area contributed by atoms with Crippen molar-refractivity contribution in [1.29, 1.82) is 5.26 Å². The molecule has 17 heavy (non-hydrogen) atoms. The largest absolute Gasteiger partial charge is 0.265 e. The lowest BCUT2D eigenvalue weighted by atomic mass is 10.0. The van der Waals surface area contributed by atoms with Gasteiger partial charge in [0, 0.05) is 16.2 Å². The number of rotatable bonds is 3. The van der Waals surface area contributed by atoms with Crippen molar-refractivity contribution in [3.05, 3.63) is 28.8 Å². The van der Waals surface area contributed by atoms with E-state index in [1.807, 2.05) is 0 Å². The van der Waals surface area contributed by atoms with Crippen LogP contribution in [0.2, 0.25) is 0 Å². The number of benzene rings is 1. The van der Waals surface area contributed by atoms with Crippen molar-refractivity contribution in [3.63, 3.8) is 0 Å². The van der Waals surface area contributed by atoms with Crippen molar-refractivity contribution in [2.24, 2.45) is 0 Å². The van der Waals surface area contributed by atoms with E-state index in [4.69, 9.17) is 15.9 Å². The zero-order chi connectivity index (χ0) is 13.2. The molecule has 0 radical (unpaired) electrons. The van der Waals surface area contributed by atoms with Gasteiger partial charge >= 0.3 is 0 Å². The summed E-state index contributed by atoms with van der Waals surface area (Å²) in [4.78, 5) is -0.559. The maximum absolute atomic E-state index is 12.7. The Hall–Kier alpha value is -1.19. The highest BCUT2D eigenvalue weighted by Crippen LogP contribution is 2.30. The summed E-state index contributed by atoms with van der Waals surface area (Å²) in [6, 6.07) is 3.73. The number of nitriles is 1. The molecule has 0 aliphatic heterocycles. The molecule has 0 fully saturated rings. The molecule has 1 aromatic carbocycles. The molecule has 0 aromatic heterocycles. The Bertz CT molecular complexity index is 579. The van der Waals surface area contributed by atoms with Crippen LogP contribution in [-0.2, 0) is 15.5 Å². The summed E-state index contributed by atoms with van der Waals surface area (Å²) in [5.41, 5.74) is -0.809. The quantitative estimate of drug-likeness (QED) is 0.799. The zero-order valence-electron chi connectivity index (χ0n) is 8.75. The third-order valence-electron chi connectivity index (χ3n) is 2.21. The van der Waals surface area contributed by atoms with E-state index in [9.17, 15) is 17.2 Å². The molecule has 0 amide bonds. The standard InChI is InChI=1S/C10H8ClF2NO2S/c1-2-6-3-7(10(12)13)8(5-14)9(4-6)17(11,15)16/h3-4,10H,2H2,1H3. The molecule has 1 rings (SSSR count). The third kappa shape index (κ3) is 2.93. The molecule has 0 spiro atoms. The van der Waals surface area contributed by atoms with Crippen LogP contribution in [-0.4, -0.2) is 8.42 Å². The number of nitrogens with zero attached hydrogens (tertiary/aromatic N) is 1. The van der Waals surface area contributed by atoms with Crippen LogP contribution in [0.1, 0.15) is 30.0 Å². The molecule has 0 unspecified atom stereocenters. The van der Waals surface area contributed by atoms with Crippen molar-refractivity contribution in [3.8, 4) is 6.07 Å². The van der Waals surface area contributed by atoms with Gasteiger partial charge in [-0.2, -0.15) is 5.26 Å². The van der Waals surface area contributed by atoms with Crippen molar-refractivity contribution < 1.29 is 17.2 Å². The fourth-order valence-electron chi connectivity index (χ4n) is 1.38. The number of halogens is 3. The van der Waals surface area contributed by atoms with Crippen LogP contribution >= 0.6 is 10.7 Å². The van der Waals surface area contributed by atoms with Crippen molar-refractivity contribution in [2.75, 3.05) is 0 Å². The smallest absolute Gasteiger partial charge is 0.207 e. The summed E-state index contributed by atoms with van der Waals surface area (Å²) in [6.45, 7) is 1.68. The van der Waals surface area contributed by atoms with Gasteiger partial charge in [-0.15, -0.1) is 0 Å². The van der Waals surface area contributed by atoms with Gasteiger partial charge in [0.2, 0.25) is 0 Å². The average Bonchev–Trinajstić information content (AvgIpc) is 2.25. The minimum absolute atomic E-state index is 0.366. The van der Waals surface area contributed by atoms with Crippen LogP contribution in [0.5, 0.6) is 0 Å². The Morgan fingerprint density at radius 3 is 2.41 bits per heavy atom. The van der Waals surface area contributed by atoms with E-state index in [2.05, 4.69) is 0 Å². The van der Waals surface area contributed by atoms with Crippen LogP contribution in [0.3, 0.4) is 0 Å². The first kappa shape index (κ1) is 13.9. The van der Waals surface area contributed by atoms with E-state index in [-0.39, 0.29) is 0 Å². The average molecular weight is 280 g/mol. The number of alkyl halides is 2. The van der Waals surface area contributed by atoms with E-state index in [1.165, 1.54) is 6.07 Å². The Kier molecular flexibility index (Phi) is 4.07. The van der Waals surface area contributed by atoms with Gasteiger partial charge in [-0.05, 0) is 24.1 Å². The van der Waals surface area contributed by atoms with E-state index in [1.54, 1.807) is 6.92 Å². The van der Waals surface area contributed by atoms with Gasteiger partial charge < -0.3 is 0 Å². The molecule has 0 bridgehead atoms. The van der Waals surface area contributed by atoms with Gasteiger partial charge in [0.15, 0.2) is 0 Å². The Morgan fingerprint density at radius 2 is 2.06 bits per heavy atom. The normalized spacial score (nSPS) is 11.5. The van der Waals surface area contributed by atoms with Crippen molar-refractivity contribution >= 4 is 19.7 Å². The predicted octanol–water partition coefficient (Wildman–Crippen LogP) is 2.99. The molecule has 0 N–H and O–H groups in total. The van der Waals surface area contributed by atoms with Crippen LogP contribution in [0, 0.1) is 11.3 Å². The molecule has 0 aliphatic rings. The fraction of sp³-hybridized carbons (Fsp3) is 0.300. The van der Waals surface area contributed by atoms with Gasteiger partial charge in [0.05, 0.1) is 5.56 Å². The Morgan fingerprint density at radius 1 is 1.47 bits per heavy atom. The molecule has 0 saturated heterocycles. The van der Waals surface area contributed by atoms with Gasteiger partial charge in [-0.25, -0.2) is 17.2 Å². The molecule has 7 heteroatoms. The predicted molar refractivity (Wildman–Crippen MR) is 58.5 cm³/mol. The summed E-state index contributed by atoms with van der Waals surface area (Å²) in [5, 5.41) is 8.77. The van der Waals surface area contributed by atoms with Crippen LogP contribution in [0.15, 0.2) is 17.0 Å². The van der Waals surface area contributed by atoms with E-state index < -0.39 is 31.5 Å². The van der Waals surface area contributed by atoms with Gasteiger partial charge in [0.1, 0.15) is 11.0 Å². The summed E-state index contributed by atoms with van der Waals surface area (Å²) < 4.78 is 47.9. The fourth-order valence-corrected chi connectivity index (χ4v) is 2.45. The second-order valence-corrected chi connectivity index (χ2v) is 5.80. The number of aryl methyl sites for hydroxylation is 1. The van der Waals surface area contributed by atoms with Crippen LogP contribution in [0.25, 0.3) is 0 Å². The van der Waals surface area contributed by atoms with Gasteiger partial charge in [-0.1, -0.05) is 6.92 Å². The Labute approximate surface area is 102 Å². The molecule has 0 heterocycles. The zero-order valence-corrected chi connectivity index (χ0v) is 10.3. The van der Waals surface area contributed by atoms with Gasteiger partial charge in [-0.3, -0.25) is 0 Å². The minimum atomic E-state index is -4.22. The second-order valence-electron chi connectivity index (χ2n) is 3.26. The topological polar surface area (TPSA) is 57.9 Å². The Balaban J connectivity index is 3.71.